The number of hydrogen-bond donors (Lipinski definition) is 2. The van der Waals surface area contributed by atoms with Crippen molar-refractivity contribution in [3.63, 3.8) is 0 Å². The van der Waals surface area contributed by atoms with Crippen LogP contribution in [0.4, 0.5) is 0 Å². The number of hydrogen-bond acceptors (Lipinski definition) is 46. The van der Waals surface area contributed by atoms with Crippen LogP contribution in [0.5, 0.6) is 0 Å². The first-order valence-electron chi connectivity index (χ1n) is 41.6. The minimum absolute atomic E-state index is 0.598. The number of nitrogens with one attached hydrogen (secondary N) is 1. The highest BCUT2D eigenvalue weighted by molar-refractivity contribution is 6.42. The second kappa shape index (κ2) is 47.7. The van der Waals surface area contributed by atoms with Crippen LogP contribution in [0.3, 0.4) is 0 Å². The molecule has 0 aromatic rings. The average Bonchev–Trinajstić information content (AvgIpc) is 0.709. The number of nitrogens with zero attached hydrogens (tertiary/aromatic N) is 6. The summed E-state index contributed by atoms with van der Waals surface area (Å²) < 4.78 is 70.9. The highest BCUT2D eigenvalue weighted by Gasteiger charge is 2.72. The molecule has 4 fully saturated rings. The number of amides is 4. The van der Waals surface area contributed by atoms with Gasteiger partial charge in [-0.15, -0.1) is 0 Å². The van der Waals surface area contributed by atoms with Crippen molar-refractivity contribution in [1.29, 1.82) is 0 Å². The molecule has 0 radical (unpaired) electrons. The van der Waals surface area contributed by atoms with Crippen molar-refractivity contribution >= 4 is 171 Å². The molecular formula is C85H113N7O43. The number of Topliss-reactive ketones (excluding diaryl/α,β-unsaturated/α-hetero) is 12. The van der Waals surface area contributed by atoms with Crippen LogP contribution >= 0.6 is 0 Å². The minimum Gasteiger partial charge on any atom is -0.465 e. The van der Waals surface area contributed by atoms with Gasteiger partial charge in [0.2, 0.25) is 58.3 Å². The van der Waals surface area contributed by atoms with Crippen LogP contribution < -0.4 is 5.32 Å². The standard InChI is InChI=1S/C85H113N7O43/c1-45(93)68(116)80(40-127-55(11)103)30-89(28-78(36-123-51(7)99,37-124-52(8)100)74(80)132-60(16)108)64(112)24-87(26-66(114)91-31-81(41-128-56(12)104,69(117)46(2)94)76(134-62(18)110)82(32-91,42-129-57(13)105)70(118)47(3)95)22-20-86-21-23-88(25-65(113)90-29-79(38-125-53(9)101,39-126-54(10)102)75(133-61(17)109)85(122,35-90)73(121)50(6)98)27-67(115)92-33-83(43-130-58(14)106,71(119)48(4)96)77(135-63(19)111)84(34-92,44-131-59(15)107)72(120)49(5)97/h74-77,86,122H,20-44H2,1-19H3. The van der Waals surface area contributed by atoms with Crippen molar-refractivity contribution in [2.45, 2.75) is 162 Å². The molecule has 8 atom stereocenters. The Morgan fingerprint density at radius 1 is 0.244 bits per heavy atom. The van der Waals surface area contributed by atoms with E-state index in [1.807, 2.05) is 0 Å². The van der Waals surface area contributed by atoms with Gasteiger partial charge >= 0.3 is 77.6 Å². The molecule has 0 saturated carbocycles. The Balaban J connectivity index is 2.23. The van der Waals surface area contributed by atoms with Crippen molar-refractivity contribution in [3.05, 3.63) is 0 Å². The molecule has 0 spiro atoms. The Morgan fingerprint density at radius 2 is 0.430 bits per heavy atom. The lowest BCUT2D eigenvalue weighted by Crippen LogP contribution is -2.74. The molecule has 2 N–H and O–H groups in total. The molecule has 0 aromatic heterocycles. The smallest absolute Gasteiger partial charge is 0.303 e. The number of esters is 13. The van der Waals surface area contributed by atoms with E-state index in [1.54, 1.807) is 0 Å². The van der Waals surface area contributed by atoms with Gasteiger partial charge in [0, 0.05) is 204 Å². The average molecular weight is 1920 g/mol. The van der Waals surface area contributed by atoms with E-state index in [0.717, 1.165) is 112 Å². The summed E-state index contributed by atoms with van der Waals surface area (Å²) in [5.41, 5.74) is -22.8. The molecule has 4 aliphatic rings. The summed E-state index contributed by atoms with van der Waals surface area (Å²) >= 11 is 0. The van der Waals surface area contributed by atoms with E-state index in [0.29, 0.717) is 49.3 Å². The predicted octanol–water partition coefficient (Wildman–Crippen LogP) is -6.07. The maximum Gasteiger partial charge on any atom is 0.303 e. The molecule has 135 heavy (non-hydrogen) atoms. The third-order valence-corrected chi connectivity index (χ3v) is 22.5. The molecule has 0 bridgehead atoms. The van der Waals surface area contributed by atoms with Crippen molar-refractivity contribution in [3.8, 4) is 0 Å². The van der Waals surface area contributed by atoms with Gasteiger partial charge in [-0.25, -0.2) is 0 Å². The molecule has 0 aliphatic carbocycles. The Hall–Kier alpha value is -13.1. The zero-order valence-electron chi connectivity index (χ0n) is 78.3. The SMILES string of the molecule is CC(=O)OCC1(COC(C)=O)CN(C(=O)CN(CCNCCN(CC(=O)N2CC(COC(C)=O)(COC(C)=O)C(OC(C)=O)C(COC(C)=O)(C(=O)C(C)=O)C2)CC(=O)N2CC(COC(C)=O)(C(=O)C(C)=O)C(OC(C)=O)C(COC(C)=O)(C(=O)C(C)=O)C2)CC(=O)N2CC(COC(C)=O)(C(=O)C(C)=O)C(OC(C)=O)C(COC(C)=O)(C(=O)C(C)=O)C2)CC(O)(C(=O)C(C)=O)C1OC(C)=O. The summed E-state index contributed by atoms with van der Waals surface area (Å²) in [7, 11) is 0. The third kappa shape index (κ3) is 28.5. The first kappa shape index (κ1) is 114. The Labute approximate surface area is 771 Å². The first-order chi connectivity index (χ1) is 62.4. The topological polar surface area (TPSA) is 667 Å². The first-order valence-corrected chi connectivity index (χ1v) is 41.6. The monoisotopic (exact) mass is 1920 g/mol. The van der Waals surface area contributed by atoms with Crippen molar-refractivity contribution in [1.82, 2.24) is 34.7 Å². The maximum atomic E-state index is 15.9. The molecular weight excluding hydrogens is 1810 g/mol. The number of carbonyl (C=O) groups excluding carboxylic acids is 29. The molecule has 4 amide bonds. The summed E-state index contributed by atoms with van der Waals surface area (Å²) in [6.45, 7) is -13.4. The fourth-order valence-corrected chi connectivity index (χ4v) is 17.1. The molecule has 8 unspecified atom stereocenters. The van der Waals surface area contributed by atoms with E-state index in [9.17, 15) is 125 Å². The summed E-state index contributed by atoms with van der Waals surface area (Å²) in [4.78, 5) is 407. The van der Waals surface area contributed by atoms with Gasteiger partial charge in [0.15, 0.2) is 46.4 Å². The molecule has 4 aliphatic heterocycles. The largest absolute Gasteiger partial charge is 0.465 e. The van der Waals surface area contributed by atoms with Crippen LogP contribution in [0, 0.1) is 37.9 Å². The van der Waals surface area contributed by atoms with E-state index in [4.69, 9.17) is 61.6 Å². The Morgan fingerprint density at radius 3 is 0.644 bits per heavy atom. The van der Waals surface area contributed by atoms with Crippen LogP contribution in [0.1, 0.15) is 132 Å². The number of piperidine rings is 4. The second-order valence-electron chi connectivity index (χ2n) is 33.9. The van der Waals surface area contributed by atoms with E-state index in [2.05, 4.69) is 5.32 Å². The van der Waals surface area contributed by atoms with E-state index in [-0.39, 0.29) is 0 Å². The minimum atomic E-state index is -3.38. The molecule has 0 aromatic carbocycles. The highest BCUT2D eigenvalue weighted by atomic mass is 16.6. The van der Waals surface area contributed by atoms with Gasteiger partial charge in [0.05, 0.1) is 43.6 Å². The lowest BCUT2D eigenvalue weighted by atomic mass is 9.60. The number of β-amino-alcohol motifs (C(OH)–C–C–N with tert-alkyl or cyclic N) is 1. The molecule has 4 rings (SSSR count). The van der Waals surface area contributed by atoms with Gasteiger partial charge in [-0.3, -0.25) is 149 Å². The fourth-order valence-electron chi connectivity index (χ4n) is 17.1. The number of likely N-dealkylation sites (tertiary alicyclic amines) is 4. The van der Waals surface area contributed by atoms with Gasteiger partial charge < -0.3 is 91.6 Å². The van der Waals surface area contributed by atoms with Gasteiger partial charge in [-0.05, 0) is 0 Å². The second-order valence-corrected chi connectivity index (χ2v) is 33.9. The van der Waals surface area contributed by atoms with Crippen molar-refractivity contribution in [2.75, 3.05) is 164 Å². The van der Waals surface area contributed by atoms with Crippen LogP contribution in [0.25, 0.3) is 0 Å². The lowest BCUT2D eigenvalue weighted by Gasteiger charge is -2.54. The van der Waals surface area contributed by atoms with E-state index in [1.165, 1.54) is 0 Å². The zero-order chi connectivity index (χ0) is 103. The summed E-state index contributed by atoms with van der Waals surface area (Å²) in [5, 5.41) is 15.6. The lowest BCUT2D eigenvalue weighted by molar-refractivity contribution is -0.225. The number of aliphatic hydroxyl groups is 1. The van der Waals surface area contributed by atoms with Crippen LogP contribution in [0.2, 0.25) is 0 Å². The fraction of sp³-hybridized carbons (Fsp3) is 0.659. The van der Waals surface area contributed by atoms with Gasteiger partial charge in [-0.2, -0.15) is 0 Å². The van der Waals surface area contributed by atoms with Crippen LogP contribution in [-0.4, -0.2) is 399 Å². The zero-order valence-corrected chi connectivity index (χ0v) is 78.3. The highest BCUT2D eigenvalue weighted by Crippen LogP contribution is 2.51. The molecule has 4 saturated heterocycles. The van der Waals surface area contributed by atoms with Crippen LogP contribution in [0.15, 0.2) is 0 Å². The quantitative estimate of drug-likeness (QED) is 0.0248. The van der Waals surface area contributed by atoms with Crippen molar-refractivity contribution in [2.24, 2.45) is 37.9 Å². The molecule has 50 heteroatoms. The Bertz CT molecular complexity index is 4650. The van der Waals surface area contributed by atoms with E-state index >= 15 is 19.2 Å². The van der Waals surface area contributed by atoms with E-state index < -0.39 is 403 Å². The predicted molar refractivity (Wildman–Crippen MR) is 440 cm³/mol. The van der Waals surface area contributed by atoms with Crippen LogP contribution in [-0.2, 0) is 201 Å². The number of rotatable bonds is 48. The number of carbonyl (C=O) groups is 29. The molecule has 746 valence electrons. The molecule has 50 nitrogen and oxygen atoms in total. The number of ether oxygens (including phenoxy) is 13. The van der Waals surface area contributed by atoms with Gasteiger partial charge in [-0.1, -0.05) is 0 Å². The third-order valence-electron chi connectivity index (χ3n) is 22.5. The van der Waals surface area contributed by atoms with Gasteiger partial charge in [0.1, 0.15) is 105 Å². The number of ketones is 12. The summed E-state index contributed by atoms with van der Waals surface area (Å²) in [5.74, 6) is -39.3. The van der Waals surface area contributed by atoms with Gasteiger partial charge in [0.25, 0.3) is 0 Å². The Kier molecular flexibility index (Phi) is 40.3. The maximum absolute atomic E-state index is 15.9. The summed E-state index contributed by atoms with van der Waals surface area (Å²) in [6.07, 6.45) is -9.45. The van der Waals surface area contributed by atoms with Crippen molar-refractivity contribution < 1.29 is 206 Å². The summed E-state index contributed by atoms with van der Waals surface area (Å²) in [6, 6.07) is 0. The normalized spacial score (nSPS) is 23.2. The molecule has 4 heterocycles.